The Labute approximate surface area is 122 Å². The van der Waals surface area contributed by atoms with Gasteiger partial charge in [0, 0.05) is 19.3 Å². The number of aryl methyl sites for hydroxylation is 2. The summed E-state index contributed by atoms with van der Waals surface area (Å²) >= 11 is 0. The molecule has 1 aromatic rings. The van der Waals surface area contributed by atoms with E-state index in [4.69, 9.17) is 5.73 Å². The largest absolute Gasteiger partial charge is 0.398 e. The van der Waals surface area contributed by atoms with Gasteiger partial charge in [-0.3, -0.25) is 0 Å². The number of hydrogen-bond acceptors (Lipinski definition) is 3. The number of sulfonamides is 1. The minimum absolute atomic E-state index is 0.377. The normalized spacial score (nSPS) is 16.4. The van der Waals surface area contributed by atoms with E-state index < -0.39 is 10.0 Å². The van der Waals surface area contributed by atoms with Crippen LogP contribution in [0.4, 0.5) is 5.69 Å². The Morgan fingerprint density at radius 2 is 1.85 bits per heavy atom. The molecule has 0 unspecified atom stereocenters. The molecule has 4 nitrogen and oxygen atoms in total. The van der Waals surface area contributed by atoms with Gasteiger partial charge in [0.1, 0.15) is 0 Å². The van der Waals surface area contributed by atoms with E-state index in [9.17, 15) is 8.42 Å². The van der Waals surface area contributed by atoms with E-state index in [0.717, 1.165) is 24.0 Å². The third-order valence-electron chi connectivity index (χ3n) is 4.37. The average molecular weight is 296 g/mol. The molecule has 0 radical (unpaired) electrons. The maximum Gasteiger partial charge on any atom is 0.243 e. The quantitative estimate of drug-likeness (QED) is 0.869. The minimum atomic E-state index is -3.46. The van der Waals surface area contributed by atoms with Crippen molar-refractivity contribution in [3.05, 3.63) is 22.8 Å². The number of nitrogens with zero attached hydrogens (tertiary/aromatic N) is 1. The van der Waals surface area contributed by atoms with Crippen LogP contribution < -0.4 is 5.73 Å². The predicted octanol–water partition coefficient (Wildman–Crippen LogP) is 2.61. The summed E-state index contributed by atoms with van der Waals surface area (Å²) in [4.78, 5) is 0.377. The first-order valence-corrected chi connectivity index (χ1v) is 8.51. The Bertz CT molecular complexity index is 619. The van der Waals surface area contributed by atoms with Crippen molar-refractivity contribution in [1.82, 2.24) is 4.31 Å². The van der Waals surface area contributed by atoms with Crippen molar-refractivity contribution in [2.24, 2.45) is 5.92 Å². The van der Waals surface area contributed by atoms with Crippen LogP contribution >= 0.6 is 0 Å². The van der Waals surface area contributed by atoms with Gasteiger partial charge in [-0.15, -0.1) is 0 Å². The van der Waals surface area contributed by atoms with E-state index in [0.29, 0.717) is 28.6 Å². The first kappa shape index (κ1) is 15.3. The molecule has 1 aromatic carbocycles. The summed E-state index contributed by atoms with van der Waals surface area (Å²) in [7, 11) is -1.79. The van der Waals surface area contributed by atoms with Crippen LogP contribution in [-0.4, -0.2) is 26.3 Å². The third kappa shape index (κ3) is 2.56. The zero-order valence-electron chi connectivity index (χ0n) is 12.7. The van der Waals surface area contributed by atoms with Crippen LogP contribution in [-0.2, 0) is 10.0 Å². The zero-order valence-corrected chi connectivity index (χ0v) is 13.5. The lowest BCUT2D eigenvalue weighted by Gasteiger charge is -2.30. The van der Waals surface area contributed by atoms with Gasteiger partial charge in [-0.1, -0.05) is 12.5 Å². The highest BCUT2D eigenvalue weighted by atomic mass is 32.2. The summed E-state index contributed by atoms with van der Waals surface area (Å²) in [6.07, 6.45) is 3.48. The van der Waals surface area contributed by atoms with Crippen LogP contribution in [0, 0.1) is 26.7 Å². The molecule has 2 rings (SSSR count). The number of nitrogens with two attached hydrogens (primary N) is 1. The van der Waals surface area contributed by atoms with Gasteiger partial charge in [-0.2, -0.15) is 0 Å². The highest BCUT2D eigenvalue weighted by Gasteiger charge is 2.29. The Kier molecular flexibility index (Phi) is 4.12. The summed E-state index contributed by atoms with van der Waals surface area (Å²) in [6, 6.07) is 1.85. The van der Waals surface area contributed by atoms with Crippen molar-refractivity contribution in [2.75, 3.05) is 19.3 Å². The van der Waals surface area contributed by atoms with Crippen molar-refractivity contribution < 1.29 is 8.42 Å². The van der Waals surface area contributed by atoms with Crippen molar-refractivity contribution in [1.29, 1.82) is 0 Å². The lowest BCUT2D eigenvalue weighted by atomic mass is 9.86. The molecule has 0 aliphatic heterocycles. The van der Waals surface area contributed by atoms with Gasteiger partial charge in [0.25, 0.3) is 0 Å². The molecule has 112 valence electrons. The van der Waals surface area contributed by atoms with E-state index in [1.165, 1.54) is 10.7 Å². The van der Waals surface area contributed by atoms with Crippen molar-refractivity contribution in [2.45, 2.75) is 44.9 Å². The highest BCUT2D eigenvalue weighted by Crippen LogP contribution is 2.32. The van der Waals surface area contributed by atoms with E-state index in [1.807, 2.05) is 19.9 Å². The summed E-state index contributed by atoms with van der Waals surface area (Å²) in [5.74, 6) is 0.512. The molecule has 0 spiro atoms. The summed E-state index contributed by atoms with van der Waals surface area (Å²) in [5.41, 5.74) is 8.95. The molecule has 2 N–H and O–H groups in total. The molecule has 20 heavy (non-hydrogen) atoms. The van der Waals surface area contributed by atoms with Gasteiger partial charge in [-0.25, -0.2) is 12.7 Å². The Morgan fingerprint density at radius 1 is 1.25 bits per heavy atom. The molecule has 0 atom stereocenters. The van der Waals surface area contributed by atoms with Gasteiger partial charge < -0.3 is 5.73 Å². The third-order valence-corrected chi connectivity index (χ3v) is 6.48. The molecule has 5 heteroatoms. The highest BCUT2D eigenvalue weighted by molar-refractivity contribution is 7.89. The SMILES string of the molecule is Cc1cc(C)c(S(=O)(=O)N(C)CC2CCC2)c(C)c1N. The lowest BCUT2D eigenvalue weighted by molar-refractivity contribution is 0.263. The maximum atomic E-state index is 12.8. The van der Waals surface area contributed by atoms with Crippen LogP contribution in [0.25, 0.3) is 0 Å². The predicted molar refractivity (Wildman–Crippen MR) is 82.2 cm³/mol. The van der Waals surface area contributed by atoms with Crippen LogP contribution in [0.2, 0.25) is 0 Å². The van der Waals surface area contributed by atoms with E-state index >= 15 is 0 Å². The van der Waals surface area contributed by atoms with Gasteiger partial charge >= 0.3 is 0 Å². The summed E-state index contributed by atoms with van der Waals surface area (Å²) in [6.45, 7) is 6.14. The van der Waals surface area contributed by atoms with E-state index in [1.54, 1.807) is 14.0 Å². The monoisotopic (exact) mass is 296 g/mol. The van der Waals surface area contributed by atoms with Crippen LogP contribution in [0.3, 0.4) is 0 Å². The summed E-state index contributed by atoms with van der Waals surface area (Å²) < 4.78 is 27.1. The van der Waals surface area contributed by atoms with Crippen LogP contribution in [0.15, 0.2) is 11.0 Å². The second kappa shape index (κ2) is 5.37. The van der Waals surface area contributed by atoms with Crippen LogP contribution in [0.5, 0.6) is 0 Å². The molecule has 1 saturated carbocycles. The van der Waals surface area contributed by atoms with Gasteiger partial charge in [-0.05, 0) is 56.2 Å². The first-order valence-electron chi connectivity index (χ1n) is 7.07. The van der Waals surface area contributed by atoms with E-state index in [2.05, 4.69) is 0 Å². The van der Waals surface area contributed by atoms with E-state index in [-0.39, 0.29) is 0 Å². The van der Waals surface area contributed by atoms with Crippen LogP contribution in [0.1, 0.15) is 36.0 Å². The fraction of sp³-hybridized carbons (Fsp3) is 0.600. The van der Waals surface area contributed by atoms with Crippen molar-refractivity contribution in [3.63, 3.8) is 0 Å². The smallest absolute Gasteiger partial charge is 0.243 e. The molecule has 0 amide bonds. The Balaban J connectivity index is 2.40. The van der Waals surface area contributed by atoms with Gasteiger partial charge in [0.05, 0.1) is 4.90 Å². The molecule has 0 heterocycles. The van der Waals surface area contributed by atoms with Crippen molar-refractivity contribution in [3.8, 4) is 0 Å². The van der Waals surface area contributed by atoms with Gasteiger partial charge in [0.15, 0.2) is 0 Å². The molecule has 1 aliphatic rings. The molecular formula is C15H24N2O2S. The molecule has 1 aliphatic carbocycles. The number of anilines is 1. The molecule has 1 fully saturated rings. The summed E-state index contributed by atoms with van der Waals surface area (Å²) in [5, 5.41) is 0. The minimum Gasteiger partial charge on any atom is -0.398 e. The topological polar surface area (TPSA) is 63.4 Å². The number of rotatable bonds is 4. The lowest BCUT2D eigenvalue weighted by Crippen LogP contribution is -2.35. The Morgan fingerprint density at radius 3 is 2.35 bits per heavy atom. The fourth-order valence-electron chi connectivity index (χ4n) is 2.87. The number of benzene rings is 1. The average Bonchev–Trinajstić information content (AvgIpc) is 2.30. The fourth-order valence-corrected chi connectivity index (χ4v) is 4.55. The molecular weight excluding hydrogens is 272 g/mol. The second-order valence-electron chi connectivity index (χ2n) is 5.96. The number of hydrogen-bond donors (Lipinski definition) is 1. The second-order valence-corrected chi connectivity index (χ2v) is 7.94. The molecule has 0 bridgehead atoms. The standard InChI is InChI=1S/C15H24N2O2S/c1-10-8-11(2)15(12(3)14(10)16)20(18,19)17(4)9-13-6-5-7-13/h8,13H,5-7,9,16H2,1-4H3. The van der Waals surface area contributed by atoms with Crippen molar-refractivity contribution >= 4 is 15.7 Å². The first-order chi connectivity index (χ1) is 9.25. The number of nitrogen functional groups attached to an aromatic ring is 1. The maximum absolute atomic E-state index is 12.8. The van der Waals surface area contributed by atoms with Gasteiger partial charge in [0.2, 0.25) is 10.0 Å². The molecule has 0 aromatic heterocycles. The Hall–Kier alpha value is -1.07. The molecule has 0 saturated heterocycles. The zero-order chi connectivity index (χ0) is 15.1.